The van der Waals surface area contributed by atoms with E-state index in [2.05, 4.69) is 0 Å². The van der Waals surface area contributed by atoms with Crippen molar-refractivity contribution in [1.82, 2.24) is 4.90 Å². The molecule has 0 aromatic heterocycles. The predicted molar refractivity (Wildman–Crippen MR) is 44.8 cm³/mol. The van der Waals surface area contributed by atoms with Crippen molar-refractivity contribution in [3.05, 3.63) is 0 Å². The van der Waals surface area contributed by atoms with Crippen LogP contribution >= 0.6 is 0 Å². The minimum absolute atomic E-state index is 0.113. The molecule has 1 heterocycles. The zero-order chi connectivity index (χ0) is 12.6. The van der Waals surface area contributed by atoms with Crippen LogP contribution in [-0.2, 0) is 4.79 Å². The molecule has 1 rings (SSSR count). The summed E-state index contributed by atoms with van der Waals surface area (Å²) in [6.07, 6.45) is -5.01. The number of alkyl halides is 5. The summed E-state index contributed by atoms with van der Waals surface area (Å²) in [5.74, 6) is -7.54. The first kappa shape index (κ1) is 13.1. The van der Waals surface area contributed by atoms with Gasteiger partial charge < -0.3 is 10.6 Å². The standard InChI is InChI=1S/C8H11F5N2O/c9-7(10,8(11,12)13)6(16)15-3-1-2-5(14)4-15/h5H,1-4,14H2. The molecule has 1 unspecified atom stereocenters. The zero-order valence-corrected chi connectivity index (χ0v) is 8.23. The molecule has 8 heteroatoms. The van der Waals surface area contributed by atoms with Gasteiger partial charge in [0.25, 0.3) is 0 Å². The average Bonchev–Trinajstić information content (AvgIpc) is 2.14. The first-order valence-electron chi connectivity index (χ1n) is 4.65. The van der Waals surface area contributed by atoms with Gasteiger partial charge in [-0.25, -0.2) is 0 Å². The average molecular weight is 246 g/mol. The zero-order valence-electron chi connectivity index (χ0n) is 8.23. The number of carbonyl (C=O) groups excluding carboxylic acids is 1. The quantitative estimate of drug-likeness (QED) is 0.705. The Kier molecular flexibility index (Phi) is 3.41. The maximum absolute atomic E-state index is 12.7. The molecule has 0 aromatic carbocycles. The molecule has 0 bridgehead atoms. The number of rotatable bonds is 1. The lowest BCUT2D eigenvalue weighted by molar-refractivity contribution is -0.274. The number of carbonyl (C=O) groups is 1. The maximum atomic E-state index is 12.7. The van der Waals surface area contributed by atoms with E-state index in [9.17, 15) is 26.7 Å². The molecule has 1 aliphatic rings. The van der Waals surface area contributed by atoms with E-state index in [1.807, 2.05) is 0 Å². The molecule has 1 amide bonds. The Balaban J connectivity index is 2.77. The number of nitrogens with two attached hydrogens (primary N) is 1. The van der Waals surface area contributed by atoms with E-state index < -0.39 is 24.0 Å². The highest BCUT2D eigenvalue weighted by Gasteiger charge is 2.64. The van der Waals surface area contributed by atoms with Crippen LogP contribution in [0.4, 0.5) is 22.0 Å². The van der Waals surface area contributed by atoms with Crippen LogP contribution in [0.25, 0.3) is 0 Å². The minimum Gasteiger partial charge on any atom is -0.336 e. The Morgan fingerprint density at radius 3 is 2.25 bits per heavy atom. The van der Waals surface area contributed by atoms with Gasteiger partial charge in [0.2, 0.25) is 0 Å². The third kappa shape index (κ3) is 2.42. The van der Waals surface area contributed by atoms with E-state index in [0.29, 0.717) is 17.7 Å². The smallest absolute Gasteiger partial charge is 0.336 e. The first-order chi connectivity index (χ1) is 7.16. The fraction of sp³-hybridized carbons (Fsp3) is 0.875. The lowest BCUT2D eigenvalue weighted by atomic mass is 10.1. The number of hydrogen-bond donors (Lipinski definition) is 1. The number of likely N-dealkylation sites (tertiary alicyclic amines) is 1. The molecule has 16 heavy (non-hydrogen) atoms. The van der Waals surface area contributed by atoms with Gasteiger partial charge in [0, 0.05) is 19.1 Å². The van der Waals surface area contributed by atoms with E-state index in [0.717, 1.165) is 0 Å². The number of hydrogen-bond acceptors (Lipinski definition) is 2. The van der Waals surface area contributed by atoms with Crippen LogP contribution in [0.1, 0.15) is 12.8 Å². The lowest BCUT2D eigenvalue weighted by Gasteiger charge is -2.33. The molecule has 0 spiro atoms. The SMILES string of the molecule is NC1CCCN(C(=O)C(F)(F)C(F)(F)F)C1. The van der Waals surface area contributed by atoms with Gasteiger partial charge in [0.15, 0.2) is 0 Å². The third-order valence-corrected chi connectivity index (χ3v) is 2.37. The van der Waals surface area contributed by atoms with Crippen LogP contribution in [-0.4, -0.2) is 42.0 Å². The van der Waals surface area contributed by atoms with Gasteiger partial charge in [0.05, 0.1) is 0 Å². The summed E-state index contributed by atoms with van der Waals surface area (Å²) in [6, 6.07) is -0.540. The Bertz CT molecular complexity index is 278. The van der Waals surface area contributed by atoms with Crippen molar-refractivity contribution in [2.24, 2.45) is 5.73 Å². The van der Waals surface area contributed by atoms with Crippen LogP contribution in [0.3, 0.4) is 0 Å². The summed E-state index contributed by atoms with van der Waals surface area (Å²) < 4.78 is 61.1. The van der Waals surface area contributed by atoms with E-state index in [4.69, 9.17) is 5.73 Å². The second kappa shape index (κ2) is 4.15. The summed E-state index contributed by atoms with van der Waals surface area (Å²) in [5.41, 5.74) is 5.40. The largest absolute Gasteiger partial charge is 0.463 e. The molecule has 0 radical (unpaired) electrons. The second-order valence-electron chi connectivity index (χ2n) is 3.73. The topological polar surface area (TPSA) is 46.3 Å². The van der Waals surface area contributed by atoms with Crippen molar-refractivity contribution >= 4 is 5.91 Å². The highest BCUT2D eigenvalue weighted by molar-refractivity contribution is 5.84. The molecule has 2 N–H and O–H groups in total. The van der Waals surface area contributed by atoms with Crippen molar-refractivity contribution < 1.29 is 26.7 Å². The van der Waals surface area contributed by atoms with Gasteiger partial charge in [-0.3, -0.25) is 4.79 Å². The Labute approximate surface area is 88.4 Å². The molecular weight excluding hydrogens is 235 g/mol. The molecule has 94 valence electrons. The highest BCUT2D eigenvalue weighted by atomic mass is 19.4. The van der Waals surface area contributed by atoms with E-state index in [1.54, 1.807) is 0 Å². The van der Waals surface area contributed by atoms with Crippen LogP contribution in [0.15, 0.2) is 0 Å². The molecule has 1 atom stereocenters. The van der Waals surface area contributed by atoms with Gasteiger partial charge >= 0.3 is 18.0 Å². The molecule has 0 aliphatic carbocycles. The van der Waals surface area contributed by atoms with Crippen molar-refractivity contribution in [2.75, 3.05) is 13.1 Å². The summed E-state index contributed by atoms with van der Waals surface area (Å²) >= 11 is 0. The Morgan fingerprint density at radius 2 is 1.81 bits per heavy atom. The molecule has 1 fully saturated rings. The van der Waals surface area contributed by atoms with Crippen LogP contribution in [0.5, 0.6) is 0 Å². The number of nitrogens with zero attached hydrogens (tertiary/aromatic N) is 1. The monoisotopic (exact) mass is 246 g/mol. The first-order valence-corrected chi connectivity index (χ1v) is 4.65. The summed E-state index contributed by atoms with van der Waals surface area (Å²) in [5, 5.41) is 0. The van der Waals surface area contributed by atoms with Gasteiger partial charge in [-0.15, -0.1) is 0 Å². The fourth-order valence-corrected chi connectivity index (χ4v) is 1.51. The third-order valence-electron chi connectivity index (χ3n) is 2.37. The summed E-state index contributed by atoms with van der Waals surface area (Å²) in [6.45, 7) is -0.372. The normalized spacial score (nSPS) is 23.4. The summed E-state index contributed by atoms with van der Waals surface area (Å²) in [7, 11) is 0. The van der Waals surface area contributed by atoms with Crippen molar-refractivity contribution in [1.29, 1.82) is 0 Å². The van der Waals surface area contributed by atoms with E-state index in [-0.39, 0.29) is 13.1 Å². The van der Waals surface area contributed by atoms with E-state index >= 15 is 0 Å². The summed E-state index contributed by atoms with van der Waals surface area (Å²) in [4.78, 5) is 11.5. The predicted octanol–water partition coefficient (Wildman–Crippen LogP) is 1.13. The molecular formula is C8H11F5N2O. The van der Waals surface area contributed by atoms with Gasteiger partial charge in [-0.1, -0.05) is 0 Å². The number of halogens is 5. The van der Waals surface area contributed by atoms with E-state index in [1.165, 1.54) is 0 Å². The number of amides is 1. The van der Waals surface area contributed by atoms with Crippen LogP contribution < -0.4 is 5.73 Å². The molecule has 0 aromatic rings. The molecule has 0 saturated carbocycles. The fourth-order valence-electron chi connectivity index (χ4n) is 1.51. The van der Waals surface area contributed by atoms with Crippen LogP contribution in [0, 0.1) is 0 Å². The second-order valence-corrected chi connectivity index (χ2v) is 3.73. The van der Waals surface area contributed by atoms with Crippen LogP contribution in [0.2, 0.25) is 0 Å². The highest BCUT2D eigenvalue weighted by Crippen LogP contribution is 2.37. The Hall–Kier alpha value is -0.920. The molecule has 3 nitrogen and oxygen atoms in total. The Morgan fingerprint density at radius 1 is 1.25 bits per heavy atom. The van der Waals surface area contributed by atoms with Gasteiger partial charge in [-0.2, -0.15) is 22.0 Å². The molecule has 1 aliphatic heterocycles. The van der Waals surface area contributed by atoms with Crippen molar-refractivity contribution in [3.8, 4) is 0 Å². The molecule has 1 saturated heterocycles. The minimum atomic E-state index is -5.86. The van der Waals surface area contributed by atoms with Gasteiger partial charge in [0.1, 0.15) is 0 Å². The van der Waals surface area contributed by atoms with Gasteiger partial charge in [-0.05, 0) is 12.8 Å². The van der Waals surface area contributed by atoms with Crippen molar-refractivity contribution in [3.63, 3.8) is 0 Å². The lowest BCUT2D eigenvalue weighted by Crippen LogP contribution is -2.56. The number of piperidine rings is 1. The van der Waals surface area contributed by atoms with Crippen molar-refractivity contribution in [2.45, 2.75) is 31.0 Å². The maximum Gasteiger partial charge on any atom is 0.463 e.